The maximum Gasteiger partial charge on any atom is 0.342 e. The predicted octanol–water partition coefficient (Wildman–Crippen LogP) is 11.6. The van der Waals surface area contributed by atoms with Crippen LogP contribution in [-0.4, -0.2) is 6.71 Å². The molecular weight excluding hydrogens is 671 g/mol. The molecule has 0 spiro atoms. The largest absolute Gasteiger partial charge is 0.467 e. The van der Waals surface area contributed by atoms with E-state index in [0.717, 1.165) is 95.8 Å². The minimum atomic E-state index is -0.351. The van der Waals surface area contributed by atoms with E-state index in [9.17, 15) is 0 Å². The highest BCUT2D eigenvalue weighted by molar-refractivity contribution is 6.99. The molecule has 55 heavy (non-hydrogen) atoms. The molecule has 0 bridgehead atoms. The zero-order valence-electron chi connectivity index (χ0n) is 29.8. The van der Waals surface area contributed by atoms with Crippen LogP contribution < -0.4 is 26.6 Å². The van der Waals surface area contributed by atoms with Crippen molar-refractivity contribution in [3.63, 3.8) is 0 Å². The number of anilines is 6. The van der Waals surface area contributed by atoms with E-state index >= 15 is 0 Å². The second kappa shape index (κ2) is 12.7. The number of rotatable bonds is 6. The Hall–Kier alpha value is -7.24. The first-order valence-corrected chi connectivity index (χ1v) is 18.7. The first kappa shape index (κ1) is 31.3. The first-order chi connectivity index (χ1) is 27.3. The number of benzene rings is 7. The molecule has 0 aliphatic carbocycles. The van der Waals surface area contributed by atoms with Gasteiger partial charge in [-0.1, -0.05) is 164 Å². The Labute approximate surface area is 320 Å². The minimum absolute atomic E-state index is 0.351. The lowest BCUT2D eigenvalue weighted by molar-refractivity contribution is 0.604. The molecule has 5 heteroatoms. The number of hydrogen-bond acceptors (Lipinski definition) is 4. The minimum Gasteiger partial charge on any atom is -0.467 e. The van der Waals surface area contributed by atoms with Gasteiger partial charge in [0.25, 0.3) is 0 Å². The van der Waals surface area contributed by atoms with Crippen LogP contribution in [0.5, 0.6) is 0 Å². The van der Waals surface area contributed by atoms with Crippen LogP contribution in [0, 0.1) is 0 Å². The third-order valence-corrected chi connectivity index (χ3v) is 10.8. The Morgan fingerprint density at radius 1 is 0.327 bits per heavy atom. The Morgan fingerprint density at radius 2 is 0.655 bits per heavy atom. The lowest BCUT2D eigenvalue weighted by atomic mass is 9.37. The summed E-state index contributed by atoms with van der Waals surface area (Å²) in [6, 6.07) is 70.3. The van der Waals surface area contributed by atoms with Crippen LogP contribution in [-0.2, 0) is 0 Å². The van der Waals surface area contributed by atoms with Gasteiger partial charge in [-0.05, 0) is 53.0 Å². The van der Waals surface area contributed by atoms with E-state index in [1.54, 1.807) is 0 Å². The van der Waals surface area contributed by atoms with Gasteiger partial charge in [0.15, 0.2) is 0 Å². The summed E-state index contributed by atoms with van der Waals surface area (Å²) in [6.07, 6.45) is 0. The molecule has 4 heterocycles. The van der Waals surface area contributed by atoms with E-state index in [1.165, 1.54) is 0 Å². The molecule has 0 amide bonds. The number of nitrogens with zero attached hydrogens (tertiary/aromatic N) is 2. The predicted molar refractivity (Wildman–Crippen MR) is 227 cm³/mol. The number of fused-ring (bicyclic) bond motifs is 4. The molecule has 0 unspecified atom stereocenters. The van der Waals surface area contributed by atoms with Crippen molar-refractivity contribution in [2.24, 2.45) is 0 Å². The Kier molecular flexibility index (Phi) is 7.24. The zero-order chi connectivity index (χ0) is 36.3. The lowest BCUT2D eigenvalue weighted by Gasteiger charge is -2.41. The highest BCUT2D eigenvalue weighted by Gasteiger charge is 2.51. The van der Waals surface area contributed by atoms with Crippen molar-refractivity contribution < 1.29 is 8.83 Å². The summed E-state index contributed by atoms with van der Waals surface area (Å²) in [4.78, 5) is 4.80. The quantitative estimate of drug-likeness (QED) is 0.161. The van der Waals surface area contributed by atoms with Gasteiger partial charge in [-0.2, -0.15) is 0 Å². The molecule has 7 aromatic carbocycles. The molecule has 2 aromatic heterocycles. The molecule has 9 aromatic rings. The fourth-order valence-electron chi connectivity index (χ4n) is 8.59. The Bertz CT molecular complexity index is 2610. The summed E-state index contributed by atoms with van der Waals surface area (Å²) < 4.78 is 14.8. The van der Waals surface area contributed by atoms with Crippen molar-refractivity contribution >= 4 is 57.6 Å². The molecule has 0 atom stereocenters. The third kappa shape index (κ3) is 4.87. The summed E-state index contributed by atoms with van der Waals surface area (Å²) in [5.41, 5.74) is 15.5. The normalized spacial score (nSPS) is 12.6. The average molecular weight is 705 g/mol. The van der Waals surface area contributed by atoms with Gasteiger partial charge >= 0.3 is 6.71 Å². The molecule has 2 aliphatic heterocycles. The van der Waals surface area contributed by atoms with Gasteiger partial charge in [0.05, 0.1) is 22.5 Å². The maximum atomic E-state index is 7.42. The van der Waals surface area contributed by atoms with Gasteiger partial charge in [0, 0.05) is 33.9 Å². The van der Waals surface area contributed by atoms with Gasteiger partial charge in [-0.3, -0.25) is 0 Å². The molecule has 0 fully saturated rings. The topological polar surface area (TPSA) is 32.8 Å². The fraction of sp³-hybridized carbons (Fsp3) is 0. The maximum absolute atomic E-state index is 7.42. The summed E-state index contributed by atoms with van der Waals surface area (Å²) in [5.74, 6) is 1.66. The standard InChI is InChI=1S/C50H33BN2O2/c1-7-20-34(21-8-1)42-45-49(54-47(42)36-24-11-3-12-25-36)51-44-40(52(45)38-28-15-5-16-29-38)32-19-33-41(44)53(39-30-17-6-18-31-39)46-43(35-22-9-2-10-23-35)48(55-50(46)51)37-26-13-4-14-27-37/h1-33H. The second-order valence-electron chi connectivity index (χ2n) is 14.0. The first-order valence-electron chi connectivity index (χ1n) is 18.7. The van der Waals surface area contributed by atoms with Crippen molar-refractivity contribution in [3.05, 3.63) is 200 Å². The fourth-order valence-corrected chi connectivity index (χ4v) is 8.59. The molecule has 4 nitrogen and oxygen atoms in total. The van der Waals surface area contributed by atoms with Crippen molar-refractivity contribution in [3.8, 4) is 44.9 Å². The van der Waals surface area contributed by atoms with Gasteiger partial charge in [-0.15, -0.1) is 0 Å². The highest BCUT2D eigenvalue weighted by atomic mass is 16.4. The van der Waals surface area contributed by atoms with Gasteiger partial charge in [-0.25, -0.2) is 0 Å². The molecule has 0 saturated heterocycles. The summed E-state index contributed by atoms with van der Waals surface area (Å²) >= 11 is 0. The van der Waals surface area contributed by atoms with Crippen molar-refractivity contribution in [2.45, 2.75) is 0 Å². The van der Waals surface area contributed by atoms with Gasteiger partial charge in [0.2, 0.25) is 0 Å². The second-order valence-corrected chi connectivity index (χ2v) is 14.0. The lowest BCUT2D eigenvalue weighted by Crippen LogP contribution is -2.60. The molecule has 0 radical (unpaired) electrons. The van der Waals surface area contributed by atoms with Crippen molar-refractivity contribution in [1.29, 1.82) is 0 Å². The smallest absolute Gasteiger partial charge is 0.342 e. The van der Waals surface area contributed by atoms with Crippen molar-refractivity contribution in [1.82, 2.24) is 0 Å². The van der Waals surface area contributed by atoms with Crippen LogP contribution in [0.1, 0.15) is 0 Å². The number of hydrogen-bond donors (Lipinski definition) is 0. The zero-order valence-corrected chi connectivity index (χ0v) is 29.8. The van der Waals surface area contributed by atoms with Crippen molar-refractivity contribution in [2.75, 3.05) is 9.80 Å². The van der Waals surface area contributed by atoms with E-state index in [0.29, 0.717) is 0 Å². The molecular formula is C50H33BN2O2. The third-order valence-electron chi connectivity index (χ3n) is 10.8. The molecule has 0 N–H and O–H groups in total. The van der Waals surface area contributed by atoms with Crippen LogP contribution in [0.2, 0.25) is 0 Å². The van der Waals surface area contributed by atoms with Crippen LogP contribution in [0.15, 0.2) is 209 Å². The van der Waals surface area contributed by atoms with Gasteiger partial charge in [0.1, 0.15) is 22.8 Å². The van der Waals surface area contributed by atoms with E-state index in [-0.39, 0.29) is 6.71 Å². The van der Waals surface area contributed by atoms with E-state index < -0.39 is 0 Å². The van der Waals surface area contributed by atoms with Crippen LogP contribution in [0.3, 0.4) is 0 Å². The monoisotopic (exact) mass is 704 g/mol. The van der Waals surface area contributed by atoms with E-state index in [4.69, 9.17) is 8.83 Å². The molecule has 0 saturated carbocycles. The summed E-state index contributed by atoms with van der Waals surface area (Å²) in [7, 11) is 0. The average Bonchev–Trinajstić information content (AvgIpc) is 3.86. The number of furan rings is 2. The highest BCUT2D eigenvalue weighted by Crippen LogP contribution is 2.53. The SMILES string of the molecule is c1ccc(-c2oc3c(c2-c2ccccc2)N(c2ccccc2)c2cccc4c2B3c2oc(-c3ccccc3)c(-c3ccccc3)c2N4c2ccccc2)cc1. The van der Waals surface area contributed by atoms with Crippen LogP contribution in [0.25, 0.3) is 44.9 Å². The Balaban J connectivity index is 1.31. The summed E-state index contributed by atoms with van der Waals surface area (Å²) in [6.45, 7) is -0.351. The van der Waals surface area contributed by atoms with Gasteiger partial charge < -0.3 is 18.6 Å². The molecule has 11 rings (SSSR count). The molecule has 258 valence electrons. The molecule has 2 aliphatic rings. The summed E-state index contributed by atoms with van der Waals surface area (Å²) in [5, 5.41) is 0. The van der Waals surface area contributed by atoms with Crippen LogP contribution in [0.4, 0.5) is 34.1 Å². The number of para-hydroxylation sites is 2. The van der Waals surface area contributed by atoms with Crippen LogP contribution >= 0.6 is 0 Å². The van der Waals surface area contributed by atoms with E-state index in [2.05, 4.69) is 210 Å². The Morgan fingerprint density at radius 3 is 1.02 bits per heavy atom. The van der Waals surface area contributed by atoms with E-state index in [1.807, 2.05) is 0 Å².